The molecule has 0 radical (unpaired) electrons. The summed E-state index contributed by atoms with van der Waals surface area (Å²) in [6.07, 6.45) is -4.36. The molecule has 0 spiro atoms. The van der Waals surface area contributed by atoms with Crippen LogP contribution in [0.5, 0.6) is 0 Å². The van der Waals surface area contributed by atoms with Crippen molar-refractivity contribution in [1.29, 1.82) is 0 Å². The second kappa shape index (κ2) is 9.68. The highest BCUT2D eigenvalue weighted by molar-refractivity contribution is 4.90. The van der Waals surface area contributed by atoms with Crippen LogP contribution in [0.25, 0.3) is 0 Å². The van der Waals surface area contributed by atoms with Gasteiger partial charge < -0.3 is 34.8 Å². The maximum Gasteiger partial charge on any atom is 0.186 e. The SMILES string of the molecule is COCCCNC[C@H]1O[C@H](OCC(C)C)[C@@H](O)[C@@H](O)[C@H]1O. The lowest BCUT2D eigenvalue weighted by molar-refractivity contribution is -0.297. The van der Waals surface area contributed by atoms with Crippen LogP contribution in [0.2, 0.25) is 0 Å². The largest absolute Gasteiger partial charge is 0.388 e. The minimum absolute atomic E-state index is 0.287. The number of nitrogens with one attached hydrogen (secondary N) is 1. The molecule has 0 aromatic carbocycles. The van der Waals surface area contributed by atoms with E-state index in [2.05, 4.69) is 5.32 Å². The van der Waals surface area contributed by atoms with E-state index in [0.717, 1.165) is 13.0 Å². The highest BCUT2D eigenvalue weighted by Gasteiger charge is 2.43. The summed E-state index contributed by atoms with van der Waals surface area (Å²) >= 11 is 0. The average Bonchev–Trinajstić information content (AvgIpc) is 2.45. The first-order valence-corrected chi connectivity index (χ1v) is 7.48. The molecular formula is C14H29NO6. The smallest absolute Gasteiger partial charge is 0.186 e. The predicted molar refractivity (Wildman–Crippen MR) is 76.8 cm³/mol. The zero-order valence-corrected chi connectivity index (χ0v) is 13.1. The first-order valence-electron chi connectivity index (χ1n) is 7.48. The molecule has 0 saturated carbocycles. The van der Waals surface area contributed by atoms with E-state index in [1.807, 2.05) is 13.8 Å². The molecule has 1 aliphatic rings. The van der Waals surface area contributed by atoms with Gasteiger partial charge in [0.15, 0.2) is 6.29 Å². The zero-order chi connectivity index (χ0) is 15.8. The monoisotopic (exact) mass is 307 g/mol. The second-order valence-electron chi connectivity index (χ2n) is 5.79. The Morgan fingerprint density at radius 2 is 1.86 bits per heavy atom. The van der Waals surface area contributed by atoms with Crippen LogP contribution in [0, 0.1) is 5.92 Å². The minimum atomic E-state index is -1.28. The number of rotatable bonds is 9. The van der Waals surface area contributed by atoms with Gasteiger partial charge in [0, 0.05) is 20.3 Å². The minimum Gasteiger partial charge on any atom is -0.388 e. The predicted octanol–water partition coefficient (Wildman–Crippen LogP) is -0.907. The fourth-order valence-corrected chi connectivity index (χ4v) is 2.10. The van der Waals surface area contributed by atoms with Gasteiger partial charge in [0.2, 0.25) is 0 Å². The summed E-state index contributed by atoms with van der Waals surface area (Å²) in [6.45, 7) is 6.12. The zero-order valence-electron chi connectivity index (χ0n) is 13.1. The fourth-order valence-electron chi connectivity index (χ4n) is 2.10. The molecule has 1 heterocycles. The van der Waals surface area contributed by atoms with Crippen LogP contribution in [0.1, 0.15) is 20.3 Å². The molecule has 0 aromatic rings. The highest BCUT2D eigenvalue weighted by atomic mass is 16.7. The topological polar surface area (TPSA) is 100 Å². The molecule has 5 atom stereocenters. The van der Waals surface area contributed by atoms with Crippen LogP contribution in [0.3, 0.4) is 0 Å². The molecule has 1 rings (SSSR count). The van der Waals surface area contributed by atoms with Crippen molar-refractivity contribution in [3.8, 4) is 0 Å². The molecule has 0 aromatic heterocycles. The molecule has 0 bridgehead atoms. The molecule has 1 aliphatic heterocycles. The first-order chi connectivity index (χ1) is 9.97. The van der Waals surface area contributed by atoms with E-state index in [1.54, 1.807) is 7.11 Å². The lowest BCUT2D eigenvalue weighted by atomic mass is 9.99. The standard InChI is InChI=1S/C14H29NO6/c1-9(2)8-20-14-13(18)12(17)11(16)10(21-14)7-15-5-4-6-19-3/h9-18H,4-8H2,1-3H3/t10-,11+,12+,13+,14+/m1/s1. The molecule has 7 nitrogen and oxygen atoms in total. The first kappa shape index (κ1) is 18.8. The number of hydrogen-bond donors (Lipinski definition) is 4. The van der Waals surface area contributed by atoms with E-state index >= 15 is 0 Å². The second-order valence-corrected chi connectivity index (χ2v) is 5.79. The van der Waals surface area contributed by atoms with Crippen molar-refractivity contribution in [1.82, 2.24) is 5.32 Å². The van der Waals surface area contributed by atoms with Gasteiger partial charge in [-0.05, 0) is 18.9 Å². The highest BCUT2D eigenvalue weighted by Crippen LogP contribution is 2.22. The Bertz CT molecular complexity index is 278. The normalized spacial score (nSPS) is 33.6. The summed E-state index contributed by atoms with van der Waals surface area (Å²) < 4.78 is 16.0. The van der Waals surface area contributed by atoms with Gasteiger partial charge in [0.1, 0.15) is 24.4 Å². The van der Waals surface area contributed by atoms with E-state index in [9.17, 15) is 15.3 Å². The molecule has 0 amide bonds. The van der Waals surface area contributed by atoms with Crippen molar-refractivity contribution < 1.29 is 29.5 Å². The maximum atomic E-state index is 9.95. The van der Waals surface area contributed by atoms with Crippen molar-refractivity contribution in [2.24, 2.45) is 5.92 Å². The summed E-state index contributed by atoms with van der Waals surface area (Å²) in [7, 11) is 1.64. The van der Waals surface area contributed by atoms with Crippen molar-refractivity contribution in [2.45, 2.75) is 51.0 Å². The van der Waals surface area contributed by atoms with Gasteiger partial charge in [-0.15, -0.1) is 0 Å². The van der Waals surface area contributed by atoms with Crippen LogP contribution < -0.4 is 5.32 Å². The molecular weight excluding hydrogens is 278 g/mol. The number of hydrogen-bond acceptors (Lipinski definition) is 7. The van der Waals surface area contributed by atoms with Crippen molar-refractivity contribution in [2.75, 3.05) is 33.4 Å². The van der Waals surface area contributed by atoms with Gasteiger partial charge >= 0.3 is 0 Å². The van der Waals surface area contributed by atoms with Crippen LogP contribution in [0.4, 0.5) is 0 Å². The lowest BCUT2D eigenvalue weighted by Crippen LogP contribution is -2.60. The van der Waals surface area contributed by atoms with E-state index < -0.39 is 30.7 Å². The lowest BCUT2D eigenvalue weighted by Gasteiger charge is -2.40. The molecule has 4 N–H and O–H groups in total. The average molecular weight is 307 g/mol. The third-order valence-corrected chi connectivity index (χ3v) is 3.31. The van der Waals surface area contributed by atoms with Crippen molar-refractivity contribution in [3.63, 3.8) is 0 Å². The maximum absolute atomic E-state index is 9.95. The third-order valence-electron chi connectivity index (χ3n) is 3.31. The van der Waals surface area contributed by atoms with Crippen LogP contribution >= 0.6 is 0 Å². The Hall–Kier alpha value is -0.280. The van der Waals surface area contributed by atoms with Gasteiger partial charge in [-0.1, -0.05) is 13.8 Å². The molecule has 126 valence electrons. The Morgan fingerprint density at radius 1 is 1.14 bits per heavy atom. The van der Waals surface area contributed by atoms with Gasteiger partial charge in [0.25, 0.3) is 0 Å². The van der Waals surface area contributed by atoms with Crippen molar-refractivity contribution in [3.05, 3.63) is 0 Å². The number of aliphatic hydroxyl groups is 3. The van der Waals surface area contributed by atoms with E-state index in [1.165, 1.54) is 0 Å². The van der Waals surface area contributed by atoms with Gasteiger partial charge in [-0.2, -0.15) is 0 Å². The fraction of sp³-hybridized carbons (Fsp3) is 1.00. The van der Waals surface area contributed by atoms with Crippen LogP contribution in [0.15, 0.2) is 0 Å². The Balaban J connectivity index is 2.42. The summed E-state index contributed by atoms with van der Waals surface area (Å²) in [5.41, 5.74) is 0. The molecule has 21 heavy (non-hydrogen) atoms. The van der Waals surface area contributed by atoms with Gasteiger partial charge in [0.05, 0.1) is 6.61 Å². The molecule has 0 aliphatic carbocycles. The van der Waals surface area contributed by atoms with Gasteiger partial charge in [-0.25, -0.2) is 0 Å². The Kier molecular flexibility index (Phi) is 8.65. The van der Waals surface area contributed by atoms with E-state index in [0.29, 0.717) is 19.8 Å². The molecule has 1 saturated heterocycles. The van der Waals surface area contributed by atoms with Crippen LogP contribution in [-0.2, 0) is 14.2 Å². The van der Waals surface area contributed by atoms with Crippen molar-refractivity contribution >= 4 is 0 Å². The quantitative estimate of drug-likeness (QED) is 0.409. The summed E-state index contributed by atoms with van der Waals surface area (Å²) in [5, 5.41) is 32.8. The third kappa shape index (κ3) is 6.15. The number of ether oxygens (including phenoxy) is 3. The molecule has 1 fully saturated rings. The van der Waals surface area contributed by atoms with E-state index in [-0.39, 0.29) is 5.92 Å². The number of methoxy groups -OCH3 is 1. The summed E-state index contributed by atoms with van der Waals surface area (Å²) in [4.78, 5) is 0. The summed E-state index contributed by atoms with van der Waals surface area (Å²) in [5.74, 6) is 0.287. The molecule has 7 heteroatoms. The molecule has 0 unspecified atom stereocenters. The summed E-state index contributed by atoms with van der Waals surface area (Å²) in [6, 6.07) is 0. The van der Waals surface area contributed by atoms with Gasteiger partial charge in [-0.3, -0.25) is 0 Å². The number of aliphatic hydroxyl groups excluding tert-OH is 3. The van der Waals surface area contributed by atoms with E-state index in [4.69, 9.17) is 14.2 Å². The van der Waals surface area contributed by atoms with Crippen LogP contribution in [-0.4, -0.2) is 79.4 Å². The Morgan fingerprint density at radius 3 is 2.48 bits per heavy atom. The Labute approximate surface area is 126 Å².